The molecule has 1 heterocycles. The van der Waals surface area contributed by atoms with E-state index in [4.69, 9.17) is 5.73 Å². The molecule has 0 spiro atoms. The van der Waals surface area contributed by atoms with Crippen molar-refractivity contribution in [3.05, 3.63) is 35.7 Å². The Labute approximate surface area is 111 Å². The first kappa shape index (κ1) is 12.9. The van der Waals surface area contributed by atoms with Gasteiger partial charge >= 0.3 is 0 Å². The van der Waals surface area contributed by atoms with Crippen LogP contribution in [0.25, 0.3) is 0 Å². The monoisotopic (exact) mass is 259 g/mol. The molecule has 0 unspecified atom stereocenters. The number of nitrogens with zero attached hydrogens (tertiary/aromatic N) is 2. The van der Waals surface area contributed by atoms with Crippen LogP contribution in [0.5, 0.6) is 0 Å². The summed E-state index contributed by atoms with van der Waals surface area (Å²) in [4.78, 5) is 11.5. The van der Waals surface area contributed by atoms with Gasteiger partial charge in [-0.1, -0.05) is 0 Å². The van der Waals surface area contributed by atoms with Crippen molar-refractivity contribution in [2.75, 3.05) is 18.1 Å². The van der Waals surface area contributed by atoms with Gasteiger partial charge in [-0.25, -0.2) is 0 Å². The molecule has 2 aromatic rings. The van der Waals surface area contributed by atoms with Gasteiger partial charge in [0.2, 0.25) is 0 Å². The molecule has 1 aromatic carbocycles. The van der Waals surface area contributed by atoms with Crippen LogP contribution in [0.2, 0.25) is 0 Å². The number of carbonyl (C=O) groups is 1. The summed E-state index contributed by atoms with van der Waals surface area (Å²) in [5.41, 5.74) is 9.53. The molecule has 0 atom stereocenters. The molecule has 0 aliphatic heterocycles. The average Bonchev–Trinajstić information content (AvgIpc) is 2.69. The Morgan fingerprint density at radius 3 is 2.63 bits per heavy atom. The first-order valence-electron chi connectivity index (χ1n) is 5.90. The predicted molar refractivity (Wildman–Crippen MR) is 75.5 cm³/mol. The third kappa shape index (κ3) is 2.67. The second-order valence-electron chi connectivity index (χ2n) is 4.31. The highest BCUT2D eigenvalue weighted by Gasteiger charge is 2.08. The predicted octanol–water partition coefficient (Wildman–Crippen LogP) is 1.41. The second kappa shape index (κ2) is 5.01. The third-order valence-corrected chi connectivity index (χ3v) is 2.82. The number of nitrogens with one attached hydrogen (secondary N) is 2. The number of aromatic nitrogens is 2. The standard InChI is InChI=1S/C13H17N5O/c1-8-12(7-18(3)17-8)16-11-5-4-9(6-10(11)14)13(19)15-2/h4-7,16H,14H2,1-3H3,(H,15,19). The lowest BCUT2D eigenvalue weighted by molar-refractivity contribution is 0.0963. The minimum absolute atomic E-state index is 0.157. The van der Waals surface area contributed by atoms with E-state index in [1.54, 1.807) is 29.9 Å². The zero-order valence-corrected chi connectivity index (χ0v) is 11.2. The summed E-state index contributed by atoms with van der Waals surface area (Å²) < 4.78 is 1.73. The topological polar surface area (TPSA) is 85.0 Å². The van der Waals surface area contributed by atoms with Gasteiger partial charge < -0.3 is 16.4 Å². The van der Waals surface area contributed by atoms with Crippen LogP contribution in [0.3, 0.4) is 0 Å². The van der Waals surface area contributed by atoms with Crippen LogP contribution in [0, 0.1) is 6.92 Å². The largest absolute Gasteiger partial charge is 0.397 e. The van der Waals surface area contributed by atoms with Gasteiger partial charge in [0, 0.05) is 25.9 Å². The van der Waals surface area contributed by atoms with Crippen molar-refractivity contribution in [3.8, 4) is 0 Å². The minimum atomic E-state index is -0.157. The molecular weight excluding hydrogens is 242 g/mol. The number of aryl methyl sites for hydroxylation is 2. The molecule has 0 saturated carbocycles. The summed E-state index contributed by atoms with van der Waals surface area (Å²) in [7, 11) is 3.44. The molecule has 1 amide bonds. The lowest BCUT2D eigenvalue weighted by Gasteiger charge is -2.09. The van der Waals surface area contributed by atoms with E-state index in [9.17, 15) is 4.79 Å². The number of benzene rings is 1. The number of rotatable bonds is 3. The number of amides is 1. The van der Waals surface area contributed by atoms with Gasteiger partial charge in [-0.3, -0.25) is 9.48 Å². The van der Waals surface area contributed by atoms with Gasteiger partial charge in [-0.15, -0.1) is 0 Å². The number of nitrogen functional groups attached to an aromatic ring is 1. The van der Waals surface area contributed by atoms with Crippen molar-refractivity contribution in [1.29, 1.82) is 0 Å². The van der Waals surface area contributed by atoms with Gasteiger partial charge in [0.05, 0.1) is 22.8 Å². The molecule has 6 nitrogen and oxygen atoms in total. The highest BCUT2D eigenvalue weighted by Crippen LogP contribution is 2.25. The molecular formula is C13H17N5O. The van der Waals surface area contributed by atoms with Gasteiger partial charge in [-0.05, 0) is 25.1 Å². The van der Waals surface area contributed by atoms with Crippen LogP contribution >= 0.6 is 0 Å². The maximum Gasteiger partial charge on any atom is 0.251 e. The lowest BCUT2D eigenvalue weighted by atomic mass is 10.1. The number of carbonyl (C=O) groups excluding carboxylic acids is 1. The molecule has 19 heavy (non-hydrogen) atoms. The fourth-order valence-corrected chi connectivity index (χ4v) is 1.83. The molecule has 0 radical (unpaired) electrons. The molecule has 100 valence electrons. The van der Waals surface area contributed by atoms with Crippen LogP contribution in [0.1, 0.15) is 16.1 Å². The SMILES string of the molecule is CNC(=O)c1ccc(Nc2cn(C)nc2C)c(N)c1. The molecule has 1 aromatic heterocycles. The number of nitrogens with two attached hydrogens (primary N) is 1. The van der Waals surface area contributed by atoms with E-state index >= 15 is 0 Å². The van der Waals surface area contributed by atoms with Crippen molar-refractivity contribution in [2.45, 2.75) is 6.92 Å². The van der Waals surface area contributed by atoms with Crippen molar-refractivity contribution in [2.24, 2.45) is 7.05 Å². The highest BCUT2D eigenvalue weighted by molar-refractivity contribution is 5.96. The Bertz CT molecular complexity index is 617. The van der Waals surface area contributed by atoms with E-state index in [1.165, 1.54) is 0 Å². The molecule has 0 bridgehead atoms. The van der Waals surface area contributed by atoms with E-state index in [-0.39, 0.29) is 5.91 Å². The van der Waals surface area contributed by atoms with Crippen LogP contribution < -0.4 is 16.4 Å². The highest BCUT2D eigenvalue weighted by atomic mass is 16.1. The van der Waals surface area contributed by atoms with E-state index in [0.717, 1.165) is 17.1 Å². The van der Waals surface area contributed by atoms with E-state index < -0.39 is 0 Å². The fraction of sp³-hybridized carbons (Fsp3) is 0.231. The minimum Gasteiger partial charge on any atom is -0.397 e. The summed E-state index contributed by atoms with van der Waals surface area (Å²) in [6.45, 7) is 1.91. The first-order chi connectivity index (χ1) is 9.01. The van der Waals surface area contributed by atoms with Crippen LogP contribution in [-0.4, -0.2) is 22.7 Å². The summed E-state index contributed by atoms with van der Waals surface area (Å²) in [6.07, 6.45) is 1.88. The van der Waals surface area contributed by atoms with Crippen molar-refractivity contribution >= 4 is 23.0 Å². The van der Waals surface area contributed by atoms with E-state index in [0.29, 0.717) is 11.3 Å². The molecule has 0 saturated heterocycles. The molecule has 0 aliphatic rings. The lowest BCUT2D eigenvalue weighted by Crippen LogP contribution is -2.17. The molecule has 6 heteroatoms. The van der Waals surface area contributed by atoms with Gasteiger partial charge in [0.1, 0.15) is 0 Å². The zero-order chi connectivity index (χ0) is 14.0. The van der Waals surface area contributed by atoms with Gasteiger partial charge in [0.25, 0.3) is 5.91 Å². The molecule has 0 aliphatic carbocycles. The number of hydrogen-bond acceptors (Lipinski definition) is 4. The van der Waals surface area contributed by atoms with Crippen molar-refractivity contribution < 1.29 is 4.79 Å². The van der Waals surface area contributed by atoms with Gasteiger partial charge in [0.15, 0.2) is 0 Å². The Hall–Kier alpha value is -2.50. The second-order valence-corrected chi connectivity index (χ2v) is 4.31. The average molecular weight is 259 g/mol. The Kier molecular flexibility index (Phi) is 3.41. The summed E-state index contributed by atoms with van der Waals surface area (Å²) in [5, 5.41) is 10.0. The third-order valence-electron chi connectivity index (χ3n) is 2.82. The van der Waals surface area contributed by atoms with E-state index in [1.807, 2.05) is 20.2 Å². The van der Waals surface area contributed by atoms with Crippen molar-refractivity contribution in [1.82, 2.24) is 15.1 Å². The maximum absolute atomic E-state index is 11.5. The smallest absolute Gasteiger partial charge is 0.251 e. The van der Waals surface area contributed by atoms with Crippen LogP contribution in [0.15, 0.2) is 24.4 Å². The number of anilines is 3. The normalized spacial score (nSPS) is 10.3. The van der Waals surface area contributed by atoms with Crippen LogP contribution in [0.4, 0.5) is 17.1 Å². The quantitative estimate of drug-likeness (QED) is 0.728. The summed E-state index contributed by atoms with van der Waals surface area (Å²) in [6, 6.07) is 5.16. The van der Waals surface area contributed by atoms with Crippen molar-refractivity contribution in [3.63, 3.8) is 0 Å². The Morgan fingerprint density at radius 1 is 1.37 bits per heavy atom. The zero-order valence-electron chi connectivity index (χ0n) is 11.2. The Balaban J connectivity index is 2.27. The maximum atomic E-state index is 11.5. The molecule has 2 rings (SSSR count). The summed E-state index contributed by atoms with van der Waals surface area (Å²) >= 11 is 0. The van der Waals surface area contributed by atoms with E-state index in [2.05, 4.69) is 15.7 Å². The summed E-state index contributed by atoms with van der Waals surface area (Å²) in [5.74, 6) is -0.157. The Morgan fingerprint density at radius 2 is 2.11 bits per heavy atom. The first-order valence-corrected chi connectivity index (χ1v) is 5.90. The molecule has 4 N–H and O–H groups in total. The van der Waals surface area contributed by atoms with Crippen LogP contribution in [-0.2, 0) is 7.05 Å². The fourth-order valence-electron chi connectivity index (χ4n) is 1.83. The number of hydrogen-bond donors (Lipinski definition) is 3. The molecule has 0 fully saturated rings. The van der Waals surface area contributed by atoms with Gasteiger partial charge in [-0.2, -0.15) is 5.10 Å².